The number of fused-ring (bicyclic) bond motifs is 1. The van der Waals surface area contributed by atoms with Gasteiger partial charge in [0.2, 0.25) is 0 Å². The van der Waals surface area contributed by atoms with Crippen molar-refractivity contribution >= 4 is 0 Å². The zero-order valence-electron chi connectivity index (χ0n) is 12.7. The molecule has 0 aromatic carbocycles. The second-order valence-electron chi connectivity index (χ2n) is 7.62. The Balaban J connectivity index is 2.13. The van der Waals surface area contributed by atoms with E-state index in [-0.39, 0.29) is 11.2 Å². The molecule has 0 aromatic heterocycles. The van der Waals surface area contributed by atoms with E-state index >= 15 is 0 Å². The first kappa shape index (κ1) is 12.7. The van der Waals surface area contributed by atoms with Crippen LogP contribution < -0.4 is 0 Å². The smallest absolute Gasteiger partial charge is 0.0955 e. The molecule has 1 saturated carbocycles. The molecule has 3 aliphatic rings. The molecule has 2 aliphatic carbocycles. The van der Waals surface area contributed by atoms with Crippen molar-refractivity contribution in [2.24, 2.45) is 17.3 Å². The van der Waals surface area contributed by atoms with Gasteiger partial charge in [0.25, 0.3) is 0 Å². The number of ether oxygens (including phenoxy) is 1. The first-order chi connectivity index (χ1) is 8.36. The Morgan fingerprint density at radius 1 is 1.33 bits per heavy atom. The van der Waals surface area contributed by atoms with Crippen molar-refractivity contribution in [3.8, 4) is 0 Å². The maximum Gasteiger partial charge on any atom is 0.0955 e. The van der Waals surface area contributed by atoms with Crippen molar-refractivity contribution in [3.63, 3.8) is 0 Å². The molecule has 0 amide bonds. The second-order valence-corrected chi connectivity index (χ2v) is 7.62. The Morgan fingerprint density at radius 2 is 2.06 bits per heavy atom. The lowest BCUT2D eigenvalue weighted by Crippen LogP contribution is -2.55. The van der Waals surface area contributed by atoms with E-state index < -0.39 is 0 Å². The highest BCUT2D eigenvalue weighted by molar-refractivity contribution is 5.30. The molecular formula is C17H28O. The minimum atomic E-state index is 0.0539. The summed E-state index contributed by atoms with van der Waals surface area (Å²) in [5.74, 6) is 1.58. The first-order valence-electron chi connectivity index (χ1n) is 7.73. The fraction of sp³-hybridized carbons (Fsp3) is 0.882. The molecule has 1 nitrogen and oxygen atoms in total. The molecule has 102 valence electrons. The highest BCUT2D eigenvalue weighted by Gasteiger charge is 2.66. The quantitative estimate of drug-likeness (QED) is 0.610. The lowest BCUT2D eigenvalue weighted by molar-refractivity contribution is -0.146. The average molecular weight is 248 g/mol. The zero-order chi connectivity index (χ0) is 13.2. The van der Waals surface area contributed by atoms with Gasteiger partial charge in [0.1, 0.15) is 0 Å². The van der Waals surface area contributed by atoms with Crippen LogP contribution in [0, 0.1) is 17.3 Å². The first-order valence-corrected chi connectivity index (χ1v) is 7.73. The van der Waals surface area contributed by atoms with Crippen molar-refractivity contribution < 1.29 is 4.74 Å². The molecule has 3 rings (SSSR count). The van der Waals surface area contributed by atoms with Crippen LogP contribution in [0.5, 0.6) is 0 Å². The van der Waals surface area contributed by atoms with Crippen molar-refractivity contribution in [2.75, 3.05) is 0 Å². The van der Waals surface area contributed by atoms with Gasteiger partial charge in [0.05, 0.1) is 11.2 Å². The van der Waals surface area contributed by atoms with E-state index in [1.807, 2.05) is 0 Å². The molecule has 4 atom stereocenters. The highest BCUT2D eigenvalue weighted by atomic mass is 16.5. The number of rotatable bonds is 1. The van der Waals surface area contributed by atoms with E-state index in [4.69, 9.17) is 4.74 Å². The lowest BCUT2D eigenvalue weighted by atomic mass is 9.50. The number of allylic oxidation sites excluding steroid dienone is 1. The van der Waals surface area contributed by atoms with Crippen molar-refractivity contribution in [1.29, 1.82) is 0 Å². The summed E-state index contributed by atoms with van der Waals surface area (Å²) in [5.41, 5.74) is 2.01. The van der Waals surface area contributed by atoms with Crippen LogP contribution in [-0.2, 0) is 4.74 Å². The molecule has 2 fully saturated rings. The van der Waals surface area contributed by atoms with Crippen LogP contribution in [-0.4, -0.2) is 11.2 Å². The van der Waals surface area contributed by atoms with Crippen LogP contribution in [0.15, 0.2) is 11.6 Å². The van der Waals surface area contributed by atoms with Crippen LogP contribution in [0.4, 0.5) is 0 Å². The third-order valence-corrected chi connectivity index (χ3v) is 6.59. The van der Waals surface area contributed by atoms with Gasteiger partial charge in [-0.1, -0.05) is 26.3 Å². The van der Waals surface area contributed by atoms with Gasteiger partial charge in [-0.15, -0.1) is 0 Å². The topological polar surface area (TPSA) is 9.23 Å². The molecule has 0 aromatic rings. The van der Waals surface area contributed by atoms with Gasteiger partial charge in [-0.25, -0.2) is 0 Å². The summed E-state index contributed by atoms with van der Waals surface area (Å²) in [6, 6.07) is 0. The maximum absolute atomic E-state index is 6.74. The van der Waals surface area contributed by atoms with Crippen LogP contribution in [0.25, 0.3) is 0 Å². The third kappa shape index (κ3) is 1.32. The van der Waals surface area contributed by atoms with Crippen LogP contribution in [0.1, 0.15) is 66.7 Å². The molecule has 2 unspecified atom stereocenters. The van der Waals surface area contributed by atoms with E-state index in [9.17, 15) is 0 Å². The molecule has 1 saturated heterocycles. The monoisotopic (exact) mass is 248 g/mol. The Morgan fingerprint density at radius 3 is 2.72 bits per heavy atom. The molecule has 1 heterocycles. The predicted octanol–water partition coefficient (Wildman–Crippen LogP) is 4.72. The third-order valence-electron chi connectivity index (χ3n) is 6.59. The van der Waals surface area contributed by atoms with E-state index in [0.29, 0.717) is 5.41 Å². The molecule has 1 aliphatic heterocycles. The molecule has 1 heteroatoms. The highest BCUT2D eigenvalue weighted by Crippen LogP contribution is 2.66. The summed E-state index contributed by atoms with van der Waals surface area (Å²) in [6.45, 7) is 11.8. The minimum absolute atomic E-state index is 0.0539. The molecule has 18 heavy (non-hydrogen) atoms. The van der Waals surface area contributed by atoms with Crippen molar-refractivity contribution in [1.82, 2.24) is 0 Å². The summed E-state index contributed by atoms with van der Waals surface area (Å²) >= 11 is 0. The van der Waals surface area contributed by atoms with Gasteiger partial charge in [-0.2, -0.15) is 0 Å². The normalized spacial score (nSPS) is 49.7. The Hall–Kier alpha value is -0.300. The second kappa shape index (κ2) is 3.62. The average Bonchev–Trinajstić information content (AvgIpc) is 2.53. The Labute approximate surface area is 112 Å². The van der Waals surface area contributed by atoms with Gasteiger partial charge in [0.15, 0.2) is 0 Å². The Kier molecular flexibility index (Phi) is 2.56. The van der Waals surface area contributed by atoms with Crippen LogP contribution in [0.2, 0.25) is 0 Å². The SMILES string of the molecule is CC[C@@H]1CC2CC3(OC2(C)C)C(C)=CCC[C@@]13C. The van der Waals surface area contributed by atoms with Gasteiger partial charge in [-0.3, -0.25) is 0 Å². The Bertz CT molecular complexity index is 394. The van der Waals surface area contributed by atoms with E-state index in [0.717, 1.165) is 11.8 Å². The number of hydrogen-bond acceptors (Lipinski definition) is 1. The summed E-state index contributed by atoms with van der Waals surface area (Å²) in [7, 11) is 0. The van der Waals surface area contributed by atoms with Crippen LogP contribution in [0.3, 0.4) is 0 Å². The predicted molar refractivity (Wildman–Crippen MR) is 75.5 cm³/mol. The maximum atomic E-state index is 6.74. The minimum Gasteiger partial charge on any atom is -0.364 e. The van der Waals surface area contributed by atoms with Crippen molar-refractivity contribution in [2.45, 2.75) is 77.9 Å². The number of hydrogen-bond donors (Lipinski definition) is 0. The summed E-state index contributed by atoms with van der Waals surface area (Å²) in [4.78, 5) is 0. The molecular weight excluding hydrogens is 220 g/mol. The van der Waals surface area contributed by atoms with Crippen LogP contribution >= 0.6 is 0 Å². The van der Waals surface area contributed by atoms with Gasteiger partial charge in [0, 0.05) is 5.41 Å². The summed E-state index contributed by atoms with van der Waals surface area (Å²) < 4.78 is 6.74. The van der Waals surface area contributed by atoms with E-state index in [1.165, 1.54) is 37.7 Å². The van der Waals surface area contributed by atoms with Gasteiger partial charge >= 0.3 is 0 Å². The molecule has 1 spiro atoms. The summed E-state index contributed by atoms with van der Waals surface area (Å²) in [5, 5.41) is 0. The summed E-state index contributed by atoms with van der Waals surface area (Å²) in [6.07, 6.45) is 8.94. The zero-order valence-corrected chi connectivity index (χ0v) is 12.7. The van der Waals surface area contributed by atoms with Crippen molar-refractivity contribution in [3.05, 3.63) is 11.6 Å². The molecule has 0 N–H and O–H groups in total. The standard InChI is InChI=1S/C17H28O/c1-6-13-10-14-11-17(18-15(14,3)4)12(2)8-7-9-16(13,17)5/h8,13-14H,6-7,9-11H2,1-5H3/t13-,14?,16+,17?/m1/s1. The van der Waals surface area contributed by atoms with E-state index in [2.05, 4.69) is 40.7 Å². The largest absolute Gasteiger partial charge is 0.364 e. The van der Waals surface area contributed by atoms with Gasteiger partial charge in [-0.05, 0) is 63.9 Å². The van der Waals surface area contributed by atoms with Gasteiger partial charge < -0.3 is 4.74 Å². The fourth-order valence-electron chi connectivity index (χ4n) is 5.29. The lowest BCUT2D eigenvalue weighted by Gasteiger charge is -2.55. The molecule has 2 bridgehead atoms. The van der Waals surface area contributed by atoms with E-state index in [1.54, 1.807) is 0 Å². The molecule has 0 radical (unpaired) electrons. The fourth-order valence-corrected chi connectivity index (χ4v) is 5.29.